The van der Waals surface area contributed by atoms with E-state index in [1.807, 2.05) is 11.0 Å². The Morgan fingerprint density at radius 2 is 2.38 bits per heavy atom. The van der Waals surface area contributed by atoms with Crippen molar-refractivity contribution in [2.75, 3.05) is 13.1 Å². The van der Waals surface area contributed by atoms with Gasteiger partial charge >= 0.3 is 0 Å². The van der Waals surface area contributed by atoms with E-state index in [1.165, 1.54) is 9.40 Å². The first-order valence-corrected chi connectivity index (χ1v) is 6.95. The second-order valence-corrected chi connectivity index (χ2v) is 6.09. The van der Waals surface area contributed by atoms with Crippen molar-refractivity contribution in [1.82, 2.24) is 4.90 Å². The quantitative estimate of drug-likeness (QED) is 0.845. The number of carbonyl (C=O) groups is 1. The molecule has 3 rings (SSSR count). The number of fused-ring (bicyclic) bond motifs is 1. The van der Waals surface area contributed by atoms with Crippen LogP contribution < -0.4 is 5.73 Å². The predicted molar refractivity (Wildman–Crippen MR) is 68.2 cm³/mol. The second kappa shape index (κ2) is 3.84. The summed E-state index contributed by atoms with van der Waals surface area (Å²) in [6.45, 7) is 1.50. The summed E-state index contributed by atoms with van der Waals surface area (Å²) in [5.41, 5.74) is 5.81. The van der Waals surface area contributed by atoms with E-state index in [0.29, 0.717) is 6.54 Å². The molecule has 84 valence electrons. The highest BCUT2D eigenvalue weighted by Crippen LogP contribution is 2.31. The Balaban J connectivity index is 1.87. The van der Waals surface area contributed by atoms with Crippen LogP contribution in [0.15, 0.2) is 17.5 Å². The van der Waals surface area contributed by atoms with Gasteiger partial charge in [0, 0.05) is 28.5 Å². The Labute approximate surface area is 101 Å². The lowest BCUT2D eigenvalue weighted by Crippen LogP contribution is -2.31. The van der Waals surface area contributed by atoms with Crippen LogP contribution in [0.3, 0.4) is 0 Å². The van der Waals surface area contributed by atoms with Crippen LogP contribution in [0.25, 0.3) is 9.40 Å². The molecule has 0 aromatic carbocycles. The van der Waals surface area contributed by atoms with Gasteiger partial charge in [0.05, 0.1) is 4.88 Å². The number of rotatable bonds is 1. The van der Waals surface area contributed by atoms with Gasteiger partial charge in [-0.3, -0.25) is 4.79 Å². The summed E-state index contributed by atoms with van der Waals surface area (Å²) >= 11 is 3.26. The first kappa shape index (κ1) is 10.3. The third kappa shape index (κ3) is 1.65. The molecule has 1 aliphatic heterocycles. The molecule has 1 saturated heterocycles. The van der Waals surface area contributed by atoms with Crippen LogP contribution in [0.4, 0.5) is 0 Å². The van der Waals surface area contributed by atoms with E-state index in [9.17, 15) is 4.79 Å². The number of nitrogens with two attached hydrogens (primary N) is 1. The van der Waals surface area contributed by atoms with Crippen molar-refractivity contribution in [2.45, 2.75) is 12.5 Å². The van der Waals surface area contributed by atoms with Crippen LogP contribution in [0, 0.1) is 0 Å². The fraction of sp³-hybridized carbons (Fsp3) is 0.364. The Morgan fingerprint density at radius 3 is 3.06 bits per heavy atom. The van der Waals surface area contributed by atoms with Crippen LogP contribution in [-0.4, -0.2) is 29.9 Å². The molecule has 2 aromatic heterocycles. The molecule has 0 spiro atoms. The summed E-state index contributed by atoms with van der Waals surface area (Å²) < 4.78 is 2.41. The van der Waals surface area contributed by atoms with Gasteiger partial charge in [-0.05, 0) is 23.9 Å². The van der Waals surface area contributed by atoms with E-state index in [1.54, 1.807) is 22.7 Å². The molecule has 2 N–H and O–H groups in total. The molecular formula is C11H12N2OS2. The molecule has 0 radical (unpaired) electrons. The van der Waals surface area contributed by atoms with E-state index in [4.69, 9.17) is 5.73 Å². The number of amides is 1. The Kier molecular flexibility index (Phi) is 2.46. The first-order chi connectivity index (χ1) is 7.74. The van der Waals surface area contributed by atoms with Crippen molar-refractivity contribution in [3.63, 3.8) is 0 Å². The minimum Gasteiger partial charge on any atom is -0.336 e. The molecule has 1 amide bonds. The van der Waals surface area contributed by atoms with Gasteiger partial charge in [-0.15, -0.1) is 22.7 Å². The molecular weight excluding hydrogens is 240 g/mol. The van der Waals surface area contributed by atoms with E-state index < -0.39 is 0 Å². The van der Waals surface area contributed by atoms with E-state index >= 15 is 0 Å². The van der Waals surface area contributed by atoms with Gasteiger partial charge in [-0.25, -0.2) is 0 Å². The maximum Gasteiger partial charge on any atom is 0.264 e. The fourth-order valence-corrected chi connectivity index (χ4v) is 4.08. The largest absolute Gasteiger partial charge is 0.336 e. The highest BCUT2D eigenvalue weighted by molar-refractivity contribution is 7.27. The SMILES string of the molecule is NC1CCN(C(=O)c2cc3sccc3s2)C1. The molecule has 0 bridgehead atoms. The van der Waals surface area contributed by atoms with Crippen LogP contribution in [-0.2, 0) is 0 Å². The summed E-state index contributed by atoms with van der Waals surface area (Å²) in [5.74, 6) is 0.140. The number of carbonyl (C=O) groups excluding carboxylic acids is 1. The maximum absolute atomic E-state index is 12.1. The fourth-order valence-electron chi connectivity index (χ4n) is 2.00. The molecule has 3 nitrogen and oxygen atoms in total. The Hall–Kier alpha value is -0.910. The number of hydrogen-bond acceptors (Lipinski definition) is 4. The summed E-state index contributed by atoms with van der Waals surface area (Å²) in [5, 5.41) is 2.06. The lowest BCUT2D eigenvalue weighted by Gasteiger charge is -2.13. The molecule has 5 heteroatoms. The highest BCUT2D eigenvalue weighted by atomic mass is 32.1. The van der Waals surface area contributed by atoms with E-state index in [2.05, 4.69) is 11.4 Å². The summed E-state index contributed by atoms with van der Waals surface area (Å²) in [4.78, 5) is 14.9. The maximum atomic E-state index is 12.1. The third-order valence-electron chi connectivity index (χ3n) is 2.86. The molecule has 1 unspecified atom stereocenters. The van der Waals surface area contributed by atoms with Gasteiger partial charge in [-0.1, -0.05) is 0 Å². The smallest absolute Gasteiger partial charge is 0.264 e. The number of hydrogen-bond donors (Lipinski definition) is 1. The molecule has 0 aliphatic carbocycles. The standard InChI is InChI=1S/C11H12N2OS2/c12-7-1-3-13(6-7)11(14)10-5-9-8(16-10)2-4-15-9/h2,4-5,7H,1,3,6,12H2. The van der Waals surface area contributed by atoms with Crippen LogP contribution in [0.2, 0.25) is 0 Å². The molecule has 1 aliphatic rings. The number of thiophene rings is 2. The molecule has 1 atom stereocenters. The zero-order valence-electron chi connectivity index (χ0n) is 8.68. The Bertz CT molecular complexity index is 502. The summed E-state index contributed by atoms with van der Waals surface area (Å²) in [6.07, 6.45) is 0.922. The zero-order valence-corrected chi connectivity index (χ0v) is 10.3. The van der Waals surface area contributed by atoms with Gasteiger partial charge in [0.25, 0.3) is 5.91 Å². The van der Waals surface area contributed by atoms with Gasteiger partial charge in [0.15, 0.2) is 0 Å². The van der Waals surface area contributed by atoms with Crippen molar-refractivity contribution in [2.24, 2.45) is 5.73 Å². The lowest BCUT2D eigenvalue weighted by molar-refractivity contribution is 0.0796. The van der Waals surface area contributed by atoms with Gasteiger partial charge in [0.1, 0.15) is 0 Å². The molecule has 2 aromatic rings. The van der Waals surface area contributed by atoms with E-state index in [0.717, 1.165) is 17.8 Å². The molecule has 16 heavy (non-hydrogen) atoms. The minimum absolute atomic E-state index is 0.140. The Morgan fingerprint density at radius 1 is 1.50 bits per heavy atom. The van der Waals surface area contributed by atoms with Gasteiger partial charge in [0.2, 0.25) is 0 Å². The van der Waals surface area contributed by atoms with Crippen molar-refractivity contribution in [1.29, 1.82) is 0 Å². The predicted octanol–water partition coefficient (Wildman–Crippen LogP) is 2.14. The van der Waals surface area contributed by atoms with Crippen molar-refractivity contribution >= 4 is 38.0 Å². The first-order valence-electron chi connectivity index (χ1n) is 5.26. The van der Waals surface area contributed by atoms with Gasteiger partial charge < -0.3 is 10.6 Å². The summed E-state index contributed by atoms with van der Waals surface area (Å²) in [7, 11) is 0. The topological polar surface area (TPSA) is 46.3 Å². The number of nitrogens with zero attached hydrogens (tertiary/aromatic N) is 1. The average molecular weight is 252 g/mol. The number of likely N-dealkylation sites (tertiary alicyclic amines) is 1. The lowest BCUT2D eigenvalue weighted by atomic mass is 10.3. The van der Waals surface area contributed by atoms with Crippen LogP contribution >= 0.6 is 22.7 Å². The normalized spacial score (nSPS) is 20.8. The van der Waals surface area contributed by atoms with Crippen molar-refractivity contribution in [3.8, 4) is 0 Å². The third-order valence-corrected chi connectivity index (χ3v) is 4.94. The zero-order chi connectivity index (χ0) is 11.1. The van der Waals surface area contributed by atoms with Gasteiger partial charge in [-0.2, -0.15) is 0 Å². The monoisotopic (exact) mass is 252 g/mol. The molecule has 3 heterocycles. The van der Waals surface area contributed by atoms with Crippen molar-refractivity contribution < 1.29 is 4.79 Å². The van der Waals surface area contributed by atoms with E-state index in [-0.39, 0.29) is 11.9 Å². The minimum atomic E-state index is 0.140. The van der Waals surface area contributed by atoms with Crippen LogP contribution in [0.1, 0.15) is 16.1 Å². The molecule has 1 fully saturated rings. The highest BCUT2D eigenvalue weighted by Gasteiger charge is 2.25. The summed E-state index contributed by atoms with van der Waals surface area (Å²) in [6, 6.07) is 4.22. The second-order valence-electron chi connectivity index (χ2n) is 4.06. The average Bonchev–Trinajstić information content (AvgIpc) is 2.89. The van der Waals surface area contributed by atoms with Crippen LogP contribution in [0.5, 0.6) is 0 Å². The van der Waals surface area contributed by atoms with Crippen molar-refractivity contribution in [3.05, 3.63) is 22.4 Å². The molecule has 0 saturated carbocycles.